The van der Waals surface area contributed by atoms with Crippen LogP contribution in [-0.4, -0.2) is 33.8 Å². The summed E-state index contributed by atoms with van der Waals surface area (Å²) in [5, 5.41) is 13.7. The molecule has 2 rings (SSSR count). The van der Waals surface area contributed by atoms with Crippen molar-refractivity contribution < 1.29 is 13.7 Å². The number of halogens is 3. The smallest absolute Gasteiger partial charge is 0.274 e. The third-order valence-electron chi connectivity index (χ3n) is 3.09. The second-order valence-electron chi connectivity index (χ2n) is 4.58. The first-order valence-electron chi connectivity index (χ1n) is 6.20. The van der Waals surface area contributed by atoms with Crippen LogP contribution in [0.2, 0.25) is 5.15 Å². The molecule has 0 spiro atoms. The summed E-state index contributed by atoms with van der Waals surface area (Å²) in [6, 6.07) is 2.78. The molecule has 0 aliphatic carbocycles. The molecule has 0 unspecified atom stereocenters. The first kappa shape index (κ1) is 15.4. The minimum absolute atomic E-state index is 0.223. The van der Waals surface area contributed by atoms with E-state index in [1.54, 1.807) is 17.0 Å². The van der Waals surface area contributed by atoms with Crippen molar-refractivity contribution in [2.45, 2.75) is 25.4 Å². The number of rotatable bonds is 5. The molecule has 1 atom stereocenters. The third-order valence-corrected chi connectivity index (χ3v) is 3.31. The topological polar surface area (TPSA) is 71.3 Å². The number of hydrogen-bond donors (Lipinski definition) is 1. The number of aromatic nitrogens is 1. The first-order chi connectivity index (χ1) is 9.95. The molecule has 0 amide bonds. The average molecular weight is 319 g/mol. The van der Waals surface area contributed by atoms with Crippen molar-refractivity contribution in [2.75, 3.05) is 6.54 Å². The van der Waals surface area contributed by atoms with Gasteiger partial charge in [-0.3, -0.25) is 10.1 Å². The molecule has 114 valence electrons. The van der Waals surface area contributed by atoms with Gasteiger partial charge in [0.15, 0.2) is 5.82 Å². The molecule has 21 heavy (non-hydrogen) atoms. The van der Waals surface area contributed by atoms with Gasteiger partial charge in [-0.15, -0.1) is 0 Å². The van der Waals surface area contributed by atoms with Crippen molar-refractivity contribution >= 4 is 11.6 Å². The van der Waals surface area contributed by atoms with Crippen molar-refractivity contribution in [1.82, 2.24) is 15.2 Å². The van der Waals surface area contributed by atoms with E-state index < -0.39 is 17.4 Å². The van der Waals surface area contributed by atoms with E-state index in [1.165, 1.54) is 6.20 Å². The molecular weight excluding hydrogens is 306 g/mol. The lowest BCUT2D eigenvalue weighted by atomic mass is 10.2. The van der Waals surface area contributed by atoms with E-state index in [9.17, 15) is 18.9 Å². The van der Waals surface area contributed by atoms with Crippen LogP contribution in [0.4, 0.5) is 8.78 Å². The van der Waals surface area contributed by atoms with Crippen LogP contribution in [-0.2, 0) is 6.54 Å². The molecule has 1 aromatic rings. The number of nitro groups is 1. The zero-order chi connectivity index (χ0) is 15.4. The number of nitrogens with zero attached hydrogens (tertiary/aromatic N) is 3. The summed E-state index contributed by atoms with van der Waals surface area (Å²) in [6.45, 7) is 0.485. The highest BCUT2D eigenvalue weighted by Gasteiger charge is 2.31. The van der Waals surface area contributed by atoms with Crippen LogP contribution in [0, 0.1) is 10.1 Å². The molecular formula is C12H13ClF2N4O2. The number of pyridine rings is 1. The minimum Gasteiger partial charge on any atom is -0.364 e. The van der Waals surface area contributed by atoms with Gasteiger partial charge in [0.25, 0.3) is 6.20 Å². The lowest BCUT2D eigenvalue weighted by Gasteiger charge is -2.25. The lowest BCUT2D eigenvalue weighted by Crippen LogP contribution is -2.31. The number of alkyl halides is 2. The second kappa shape index (κ2) is 6.66. The molecule has 6 nitrogen and oxygen atoms in total. The number of nitrogens with one attached hydrogen (secondary N) is 1. The van der Waals surface area contributed by atoms with Gasteiger partial charge in [0.05, 0.1) is 11.0 Å². The van der Waals surface area contributed by atoms with Gasteiger partial charge in [0.1, 0.15) is 5.15 Å². The quantitative estimate of drug-likeness (QED) is 0.512. The van der Waals surface area contributed by atoms with Crippen LogP contribution in [0.5, 0.6) is 0 Å². The summed E-state index contributed by atoms with van der Waals surface area (Å²) in [7, 11) is 0. The van der Waals surface area contributed by atoms with Crippen LogP contribution in [0.15, 0.2) is 30.4 Å². The monoisotopic (exact) mass is 318 g/mol. The van der Waals surface area contributed by atoms with Gasteiger partial charge < -0.3 is 10.2 Å². The normalized spacial score (nSPS) is 20.1. The molecule has 1 fully saturated rings. The van der Waals surface area contributed by atoms with Crippen molar-refractivity contribution in [2.24, 2.45) is 0 Å². The van der Waals surface area contributed by atoms with Crippen molar-refractivity contribution in [3.05, 3.63) is 51.2 Å². The van der Waals surface area contributed by atoms with Gasteiger partial charge in [-0.05, 0) is 11.6 Å². The summed E-state index contributed by atoms with van der Waals surface area (Å²) in [5.41, 5.74) is 0.733. The Kier molecular flexibility index (Phi) is 4.89. The van der Waals surface area contributed by atoms with Gasteiger partial charge in [-0.1, -0.05) is 17.7 Å². The molecule has 0 aromatic carbocycles. The molecule has 0 saturated carbocycles. The molecule has 1 aliphatic rings. The van der Waals surface area contributed by atoms with E-state index in [-0.39, 0.29) is 25.3 Å². The fourth-order valence-corrected chi connectivity index (χ4v) is 2.29. The van der Waals surface area contributed by atoms with Crippen molar-refractivity contribution in [3.8, 4) is 0 Å². The van der Waals surface area contributed by atoms with Crippen LogP contribution in [0.25, 0.3) is 0 Å². The Hall–Kier alpha value is -1.96. The summed E-state index contributed by atoms with van der Waals surface area (Å²) < 4.78 is 25.2. The van der Waals surface area contributed by atoms with E-state index >= 15 is 0 Å². The molecule has 9 heteroatoms. The Balaban J connectivity index is 2.18. The summed E-state index contributed by atoms with van der Waals surface area (Å²) >= 11 is 5.69. The highest BCUT2D eigenvalue weighted by atomic mass is 35.5. The Morgan fingerprint density at radius 1 is 1.62 bits per heavy atom. The Bertz CT molecular complexity index is 539. The zero-order valence-corrected chi connectivity index (χ0v) is 11.6. The van der Waals surface area contributed by atoms with Gasteiger partial charge in [0, 0.05) is 25.7 Å². The van der Waals surface area contributed by atoms with E-state index in [2.05, 4.69) is 10.3 Å². The summed E-state index contributed by atoms with van der Waals surface area (Å²) in [6.07, 6.45) is -0.528. The van der Waals surface area contributed by atoms with Gasteiger partial charge in [-0.25, -0.2) is 13.8 Å². The minimum atomic E-state index is -2.47. The zero-order valence-electron chi connectivity index (χ0n) is 10.9. The Morgan fingerprint density at radius 3 is 2.95 bits per heavy atom. The SMILES string of the molecule is O=[N+]([O-])/C=C1\NC[C@@H](CC(F)F)N1Cc1ccc(Cl)nc1. The first-order valence-corrected chi connectivity index (χ1v) is 6.58. The van der Waals surface area contributed by atoms with Crippen LogP contribution in [0.3, 0.4) is 0 Å². The molecule has 1 N–H and O–H groups in total. The number of hydrogen-bond acceptors (Lipinski definition) is 5. The average Bonchev–Trinajstić information content (AvgIpc) is 2.74. The van der Waals surface area contributed by atoms with E-state index in [1.807, 2.05) is 0 Å². The fraction of sp³-hybridized carbons (Fsp3) is 0.417. The maximum atomic E-state index is 12.6. The molecule has 1 aromatic heterocycles. The van der Waals surface area contributed by atoms with Crippen LogP contribution >= 0.6 is 11.6 Å². The lowest BCUT2D eigenvalue weighted by molar-refractivity contribution is -0.404. The maximum absolute atomic E-state index is 12.6. The fourth-order valence-electron chi connectivity index (χ4n) is 2.18. The van der Waals surface area contributed by atoms with Gasteiger partial charge in [0.2, 0.25) is 6.43 Å². The largest absolute Gasteiger partial charge is 0.364 e. The standard InChI is InChI=1S/C12H13ClF2N4O2/c13-10-2-1-8(4-16-10)6-18-9(3-11(14)15)5-17-12(18)7-19(20)21/h1-2,4,7,9,11,17H,3,5-6H2/b12-7+/t9-/m1/s1. The third kappa shape index (κ3) is 4.25. The Labute approximate surface area is 124 Å². The molecule has 0 radical (unpaired) electrons. The maximum Gasteiger partial charge on any atom is 0.274 e. The van der Waals surface area contributed by atoms with E-state index in [0.29, 0.717) is 5.15 Å². The predicted molar refractivity (Wildman–Crippen MR) is 72.3 cm³/mol. The highest BCUT2D eigenvalue weighted by molar-refractivity contribution is 6.29. The van der Waals surface area contributed by atoms with Gasteiger partial charge >= 0.3 is 0 Å². The summed E-state index contributed by atoms with van der Waals surface area (Å²) in [5.74, 6) is 0.223. The van der Waals surface area contributed by atoms with E-state index in [0.717, 1.165) is 11.8 Å². The van der Waals surface area contributed by atoms with Gasteiger partial charge in [-0.2, -0.15) is 0 Å². The molecule has 0 bridgehead atoms. The molecule has 2 heterocycles. The van der Waals surface area contributed by atoms with E-state index in [4.69, 9.17) is 11.6 Å². The second-order valence-corrected chi connectivity index (χ2v) is 4.97. The summed E-state index contributed by atoms with van der Waals surface area (Å²) in [4.78, 5) is 15.5. The van der Waals surface area contributed by atoms with Crippen LogP contribution < -0.4 is 5.32 Å². The molecule has 1 saturated heterocycles. The Morgan fingerprint density at radius 2 is 2.38 bits per heavy atom. The highest BCUT2D eigenvalue weighted by Crippen LogP contribution is 2.23. The molecule has 1 aliphatic heterocycles. The predicted octanol–water partition coefficient (Wildman–Crippen LogP) is 2.24. The van der Waals surface area contributed by atoms with Crippen LogP contribution in [0.1, 0.15) is 12.0 Å². The van der Waals surface area contributed by atoms with Crippen molar-refractivity contribution in [1.29, 1.82) is 0 Å². The van der Waals surface area contributed by atoms with Crippen molar-refractivity contribution in [3.63, 3.8) is 0 Å².